The number of ether oxygens (including phenoxy) is 1. The second-order valence-corrected chi connectivity index (χ2v) is 3.35. The lowest BCUT2D eigenvalue weighted by Crippen LogP contribution is -2.38. The van der Waals surface area contributed by atoms with Crippen molar-refractivity contribution < 1.29 is 4.74 Å². The van der Waals surface area contributed by atoms with E-state index in [0.717, 1.165) is 25.3 Å². The van der Waals surface area contributed by atoms with Gasteiger partial charge < -0.3 is 4.74 Å². The van der Waals surface area contributed by atoms with E-state index in [0.29, 0.717) is 6.61 Å². The lowest BCUT2D eigenvalue weighted by Gasteiger charge is -2.14. The largest absolute Gasteiger partial charge is 0.382 e. The van der Waals surface area contributed by atoms with E-state index in [1.54, 1.807) is 11.0 Å². The molecule has 3 N–H and O–H groups in total. The summed E-state index contributed by atoms with van der Waals surface area (Å²) in [5.74, 6) is 6.38. The smallest absolute Gasteiger partial charge is 0.138 e. The third-order valence-corrected chi connectivity index (χ3v) is 2.28. The molecular formula is C9H19N5O. The van der Waals surface area contributed by atoms with Gasteiger partial charge >= 0.3 is 0 Å². The highest BCUT2D eigenvalue weighted by Crippen LogP contribution is 2.01. The average Bonchev–Trinajstić information content (AvgIpc) is 2.63. The summed E-state index contributed by atoms with van der Waals surface area (Å²) in [6.07, 6.45) is 3.18. The molecule has 0 fully saturated rings. The van der Waals surface area contributed by atoms with Crippen molar-refractivity contribution in [2.75, 3.05) is 13.2 Å². The van der Waals surface area contributed by atoms with Crippen molar-refractivity contribution in [2.24, 2.45) is 12.9 Å². The standard InChI is InChI=1S/C9H19N5O/c1-3-15-5-4-8(13-10)6-9-11-7-12-14(9)2/h7-8,13H,3-6,10H2,1-2H3. The molecule has 0 spiro atoms. The van der Waals surface area contributed by atoms with Crippen LogP contribution >= 0.6 is 0 Å². The quantitative estimate of drug-likeness (QED) is 0.366. The van der Waals surface area contributed by atoms with Gasteiger partial charge in [-0.25, -0.2) is 4.98 Å². The van der Waals surface area contributed by atoms with Gasteiger partial charge in [0.05, 0.1) is 0 Å². The summed E-state index contributed by atoms with van der Waals surface area (Å²) < 4.78 is 7.03. The zero-order valence-corrected chi connectivity index (χ0v) is 9.31. The van der Waals surface area contributed by atoms with Gasteiger partial charge in [0.25, 0.3) is 0 Å². The molecule has 0 bridgehead atoms. The number of nitrogens with zero attached hydrogens (tertiary/aromatic N) is 3. The topological polar surface area (TPSA) is 78.0 Å². The van der Waals surface area contributed by atoms with Crippen LogP contribution in [-0.2, 0) is 18.2 Å². The summed E-state index contributed by atoms with van der Waals surface area (Å²) in [7, 11) is 1.87. The van der Waals surface area contributed by atoms with Crippen molar-refractivity contribution in [2.45, 2.75) is 25.8 Å². The first-order chi connectivity index (χ1) is 7.27. The van der Waals surface area contributed by atoms with Crippen LogP contribution in [0.1, 0.15) is 19.2 Å². The van der Waals surface area contributed by atoms with E-state index in [2.05, 4.69) is 15.5 Å². The maximum Gasteiger partial charge on any atom is 0.138 e. The number of aromatic nitrogens is 3. The van der Waals surface area contributed by atoms with Gasteiger partial charge in [0, 0.05) is 32.7 Å². The molecule has 0 saturated carbocycles. The minimum Gasteiger partial charge on any atom is -0.382 e. The van der Waals surface area contributed by atoms with Crippen LogP contribution in [0, 0.1) is 0 Å². The molecule has 1 atom stereocenters. The highest BCUT2D eigenvalue weighted by Gasteiger charge is 2.10. The molecular weight excluding hydrogens is 194 g/mol. The summed E-state index contributed by atoms with van der Waals surface area (Å²) in [5.41, 5.74) is 2.77. The van der Waals surface area contributed by atoms with E-state index in [4.69, 9.17) is 10.6 Å². The Balaban J connectivity index is 2.36. The summed E-state index contributed by atoms with van der Waals surface area (Å²) in [6, 6.07) is 0.180. The predicted molar refractivity (Wildman–Crippen MR) is 56.9 cm³/mol. The van der Waals surface area contributed by atoms with Crippen LogP contribution < -0.4 is 11.3 Å². The molecule has 0 aliphatic carbocycles. The van der Waals surface area contributed by atoms with Crippen molar-refractivity contribution in [1.29, 1.82) is 0 Å². The number of nitrogens with one attached hydrogen (secondary N) is 1. The second kappa shape index (κ2) is 6.49. The third-order valence-electron chi connectivity index (χ3n) is 2.28. The first-order valence-electron chi connectivity index (χ1n) is 5.14. The van der Waals surface area contributed by atoms with Gasteiger partial charge in [-0.1, -0.05) is 0 Å². The van der Waals surface area contributed by atoms with Gasteiger partial charge in [-0.05, 0) is 13.3 Å². The molecule has 0 saturated heterocycles. The second-order valence-electron chi connectivity index (χ2n) is 3.35. The van der Waals surface area contributed by atoms with Crippen molar-refractivity contribution in [1.82, 2.24) is 20.2 Å². The minimum atomic E-state index is 0.180. The van der Waals surface area contributed by atoms with Crippen LogP contribution in [0.5, 0.6) is 0 Å². The molecule has 0 amide bonds. The zero-order chi connectivity index (χ0) is 11.1. The lowest BCUT2D eigenvalue weighted by atomic mass is 10.1. The molecule has 1 unspecified atom stereocenters. The minimum absolute atomic E-state index is 0.180. The first-order valence-corrected chi connectivity index (χ1v) is 5.14. The van der Waals surface area contributed by atoms with E-state index in [1.807, 2.05) is 14.0 Å². The number of hydrogen-bond acceptors (Lipinski definition) is 5. The Kier molecular flexibility index (Phi) is 5.23. The molecule has 1 aromatic rings. The third kappa shape index (κ3) is 3.94. The number of hydrazine groups is 1. The molecule has 6 heteroatoms. The van der Waals surface area contributed by atoms with Crippen LogP contribution in [0.3, 0.4) is 0 Å². The molecule has 1 aromatic heterocycles. The van der Waals surface area contributed by atoms with Crippen LogP contribution in [0.2, 0.25) is 0 Å². The van der Waals surface area contributed by atoms with Crippen LogP contribution in [-0.4, -0.2) is 34.0 Å². The van der Waals surface area contributed by atoms with Gasteiger partial charge in [0.1, 0.15) is 12.2 Å². The monoisotopic (exact) mass is 213 g/mol. The van der Waals surface area contributed by atoms with Crippen molar-refractivity contribution in [3.8, 4) is 0 Å². The number of aryl methyl sites for hydroxylation is 1. The summed E-state index contributed by atoms with van der Waals surface area (Å²) in [6.45, 7) is 3.43. The Hall–Kier alpha value is -0.980. The first kappa shape index (κ1) is 12.1. The Bertz CT molecular complexity index is 275. The zero-order valence-electron chi connectivity index (χ0n) is 9.31. The highest BCUT2D eigenvalue weighted by molar-refractivity contribution is 4.88. The molecule has 15 heavy (non-hydrogen) atoms. The molecule has 1 rings (SSSR count). The van der Waals surface area contributed by atoms with E-state index >= 15 is 0 Å². The van der Waals surface area contributed by atoms with Crippen LogP contribution in [0.15, 0.2) is 6.33 Å². The number of rotatable bonds is 7. The molecule has 0 aliphatic heterocycles. The van der Waals surface area contributed by atoms with E-state index in [9.17, 15) is 0 Å². The predicted octanol–water partition coefficient (Wildman–Crippen LogP) is -0.384. The Morgan fingerprint density at radius 2 is 2.47 bits per heavy atom. The van der Waals surface area contributed by atoms with Gasteiger partial charge in [-0.15, -0.1) is 0 Å². The summed E-state index contributed by atoms with van der Waals surface area (Å²) in [5, 5.41) is 4.01. The molecule has 0 aliphatic rings. The van der Waals surface area contributed by atoms with Crippen LogP contribution in [0.25, 0.3) is 0 Å². The number of nitrogens with two attached hydrogens (primary N) is 1. The summed E-state index contributed by atoms with van der Waals surface area (Å²) >= 11 is 0. The fraction of sp³-hybridized carbons (Fsp3) is 0.778. The van der Waals surface area contributed by atoms with Gasteiger partial charge in [-0.3, -0.25) is 16.0 Å². The van der Waals surface area contributed by atoms with Crippen molar-refractivity contribution in [3.63, 3.8) is 0 Å². The fourth-order valence-corrected chi connectivity index (χ4v) is 1.34. The normalized spacial score (nSPS) is 13.0. The maximum atomic E-state index is 5.46. The molecule has 6 nitrogen and oxygen atoms in total. The van der Waals surface area contributed by atoms with E-state index in [1.165, 1.54) is 0 Å². The van der Waals surface area contributed by atoms with E-state index < -0.39 is 0 Å². The molecule has 1 heterocycles. The maximum absolute atomic E-state index is 5.46. The van der Waals surface area contributed by atoms with Crippen molar-refractivity contribution >= 4 is 0 Å². The molecule has 86 valence electrons. The van der Waals surface area contributed by atoms with Crippen molar-refractivity contribution in [3.05, 3.63) is 12.2 Å². The van der Waals surface area contributed by atoms with Gasteiger partial charge in [-0.2, -0.15) is 5.10 Å². The number of hydrogen-bond donors (Lipinski definition) is 2. The fourth-order valence-electron chi connectivity index (χ4n) is 1.34. The Morgan fingerprint density at radius 3 is 3.00 bits per heavy atom. The molecule has 0 radical (unpaired) electrons. The van der Waals surface area contributed by atoms with Gasteiger partial charge in [0.2, 0.25) is 0 Å². The average molecular weight is 213 g/mol. The highest BCUT2D eigenvalue weighted by atomic mass is 16.5. The van der Waals surface area contributed by atoms with Gasteiger partial charge in [0.15, 0.2) is 0 Å². The lowest BCUT2D eigenvalue weighted by molar-refractivity contribution is 0.136. The Morgan fingerprint density at radius 1 is 1.67 bits per heavy atom. The van der Waals surface area contributed by atoms with E-state index in [-0.39, 0.29) is 6.04 Å². The SMILES string of the molecule is CCOCCC(Cc1ncnn1C)NN. The summed E-state index contributed by atoms with van der Waals surface area (Å²) in [4.78, 5) is 4.15. The van der Waals surface area contributed by atoms with Crippen LogP contribution in [0.4, 0.5) is 0 Å². The Labute approximate surface area is 89.8 Å². The molecule has 0 aromatic carbocycles.